The van der Waals surface area contributed by atoms with Crippen LogP contribution >= 0.6 is 23.8 Å². The second-order valence-electron chi connectivity index (χ2n) is 8.95. The van der Waals surface area contributed by atoms with E-state index in [4.69, 9.17) is 33.3 Å². The maximum Gasteiger partial charge on any atom is 0.265 e. The maximum atomic E-state index is 12.6. The molecule has 1 atom stereocenters. The smallest absolute Gasteiger partial charge is 0.265 e. The van der Waals surface area contributed by atoms with Crippen LogP contribution in [0.5, 0.6) is 11.5 Å². The molecule has 3 aromatic carbocycles. The summed E-state index contributed by atoms with van der Waals surface area (Å²) in [5.74, 6) is 0.533. The van der Waals surface area contributed by atoms with E-state index < -0.39 is 6.10 Å². The molecule has 3 N–H and O–H groups in total. The van der Waals surface area contributed by atoms with E-state index in [9.17, 15) is 9.59 Å². The van der Waals surface area contributed by atoms with E-state index in [2.05, 4.69) is 22.9 Å². The number of nitrogens with one attached hydrogen (secondary N) is 3. The first-order valence-electron chi connectivity index (χ1n) is 13.0. The van der Waals surface area contributed by atoms with Crippen LogP contribution < -0.4 is 25.4 Å². The predicted octanol–water partition coefficient (Wildman–Crippen LogP) is 7.22. The van der Waals surface area contributed by atoms with Crippen molar-refractivity contribution in [3.05, 3.63) is 83.4 Å². The van der Waals surface area contributed by atoms with Crippen molar-refractivity contribution in [2.45, 2.75) is 52.1 Å². The van der Waals surface area contributed by atoms with Gasteiger partial charge in [0.05, 0.1) is 11.6 Å². The number of hydrogen-bond acceptors (Lipinski definition) is 5. The van der Waals surface area contributed by atoms with Crippen LogP contribution in [0.1, 0.15) is 56.3 Å². The lowest BCUT2D eigenvalue weighted by atomic mass is 10.2. The Hall–Kier alpha value is -3.62. The Bertz CT molecular complexity index is 1240. The average Bonchev–Trinajstić information content (AvgIpc) is 2.93. The molecule has 0 saturated heterocycles. The number of ether oxygens (including phenoxy) is 2. The fraction of sp³-hybridized carbons (Fsp3) is 0.300. The molecule has 0 radical (unpaired) electrons. The average molecular weight is 568 g/mol. The zero-order valence-corrected chi connectivity index (χ0v) is 23.7. The molecule has 9 heteroatoms. The van der Waals surface area contributed by atoms with Crippen LogP contribution in [0.2, 0.25) is 5.02 Å². The molecule has 3 aromatic rings. The Balaban J connectivity index is 1.42. The lowest BCUT2D eigenvalue weighted by molar-refractivity contribution is -0.122. The van der Waals surface area contributed by atoms with Crippen LogP contribution in [0, 0.1) is 0 Å². The van der Waals surface area contributed by atoms with E-state index in [1.165, 1.54) is 19.3 Å². The minimum atomic E-state index is -0.748. The first-order chi connectivity index (χ1) is 18.9. The van der Waals surface area contributed by atoms with Crippen LogP contribution in [0.3, 0.4) is 0 Å². The Morgan fingerprint density at radius 1 is 0.872 bits per heavy atom. The molecule has 0 heterocycles. The summed E-state index contributed by atoms with van der Waals surface area (Å²) in [5, 5.41) is 9.03. The SMILES string of the molecule is CCCCCCCOc1ccc(C(=O)NC(=S)Nc2ccc(NC(=O)C(C)Oc3ccccc3Cl)cc2)cc1. The predicted molar refractivity (Wildman–Crippen MR) is 161 cm³/mol. The number of benzene rings is 3. The zero-order chi connectivity index (χ0) is 28.0. The summed E-state index contributed by atoms with van der Waals surface area (Å²) in [6, 6.07) is 20.9. The molecule has 1 unspecified atom stereocenters. The molecule has 0 aliphatic heterocycles. The summed E-state index contributed by atoms with van der Waals surface area (Å²) in [4.78, 5) is 25.1. The van der Waals surface area contributed by atoms with Crippen molar-refractivity contribution in [3.63, 3.8) is 0 Å². The topological polar surface area (TPSA) is 88.7 Å². The molecule has 0 bridgehead atoms. The van der Waals surface area contributed by atoms with Crippen LogP contribution in [-0.2, 0) is 4.79 Å². The lowest BCUT2D eigenvalue weighted by Crippen LogP contribution is -2.34. The second-order valence-corrected chi connectivity index (χ2v) is 9.77. The molecule has 206 valence electrons. The highest BCUT2D eigenvalue weighted by Crippen LogP contribution is 2.24. The van der Waals surface area contributed by atoms with Crippen molar-refractivity contribution >= 4 is 52.1 Å². The highest BCUT2D eigenvalue weighted by atomic mass is 35.5. The summed E-state index contributed by atoms with van der Waals surface area (Å²) in [5.41, 5.74) is 1.71. The molecule has 2 amide bonds. The van der Waals surface area contributed by atoms with Gasteiger partial charge in [0.2, 0.25) is 0 Å². The minimum absolute atomic E-state index is 0.158. The third kappa shape index (κ3) is 10.2. The number of amides is 2. The summed E-state index contributed by atoms with van der Waals surface area (Å²) in [6.07, 6.45) is 5.14. The molecule has 0 spiro atoms. The van der Waals surface area contributed by atoms with Crippen LogP contribution in [0.15, 0.2) is 72.8 Å². The largest absolute Gasteiger partial charge is 0.494 e. The van der Waals surface area contributed by atoms with Gasteiger partial charge in [-0.2, -0.15) is 0 Å². The second kappa shape index (κ2) is 15.7. The van der Waals surface area contributed by atoms with Crippen molar-refractivity contribution in [2.24, 2.45) is 0 Å². The van der Waals surface area contributed by atoms with Gasteiger partial charge in [-0.15, -0.1) is 0 Å². The van der Waals surface area contributed by atoms with Crippen molar-refractivity contribution in [1.82, 2.24) is 5.32 Å². The molecule has 7 nitrogen and oxygen atoms in total. The van der Waals surface area contributed by atoms with Crippen molar-refractivity contribution in [1.29, 1.82) is 0 Å². The first kappa shape index (κ1) is 29.9. The molecule has 0 aliphatic rings. The highest BCUT2D eigenvalue weighted by molar-refractivity contribution is 7.80. The monoisotopic (exact) mass is 567 g/mol. The summed E-state index contributed by atoms with van der Waals surface area (Å²) >= 11 is 11.4. The molecular formula is C30H34ClN3O4S. The van der Waals surface area contributed by atoms with Gasteiger partial charge in [-0.1, -0.05) is 56.3 Å². The van der Waals surface area contributed by atoms with Gasteiger partial charge in [0.1, 0.15) is 11.5 Å². The minimum Gasteiger partial charge on any atom is -0.494 e. The summed E-state index contributed by atoms with van der Waals surface area (Å²) in [6.45, 7) is 4.51. The fourth-order valence-corrected chi connectivity index (χ4v) is 3.99. The van der Waals surface area contributed by atoms with E-state index in [0.29, 0.717) is 34.3 Å². The van der Waals surface area contributed by atoms with E-state index in [1.807, 2.05) is 0 Å². The van der Waals surface area contributed by atoms with Gasteiger partial charge in [0, 0.05) is 16.9 Å². The number of para-hydroxylation sites is 1. The van der Waals surface area contributed by atoms with Crippen molar-refractivity contribution < 1.29 is 19.1 Å². The zero-order valence-electron chi connectivity index (χ0n) is 22.2. The van der Waals surface area contributed by atoms with Crippen LogP contribution in [0.25, 0.3) is 0 Å². The summed E-state index contributed by atoms with van der Waals surface area (Å²) in [7, 11) is 0. The molecule has 0 aliphatic carbocycles. The van der Waals surface area contributed by atoms with Gasteiger partial charge in [-0.25, -0.2) is 0 Å². The quantitative estimate of drug-likeness (QED) is 0.149. The number of anilines is 2. The maximum absolute atomic E-state index is 12.6. The van der Waals surface area contributed by atoms with Crippen LogP contribution in [-0.4, -0.2) is 29.6 Å². The third-order valence-electron chi connectivity index (χ3n) is 5.78. The number of thiocarbonyl (C=S) groups is 1. The molecular weight excluding hydrogens is 534 g/mol. The van der Waals surface area contributed by atoms with Gasteiger partial charge < -0.3 is 20.1 Å². The van der Waals surface area contributed by atoms with E-state index in [1.54, 1.807) is 79.7 Å². The number of rotatable bonds is 13. The number of unbranched alkanes of at least 4 members (excludes halogenated alkanes) is 4. The van der Waals surface area contributed by atoms with Gasteiger partial charge in [-0.3, -0.25) is 14.9 Å². The molecule has 0 fully saturated rings. The van der Waals surface area contributed by atoms with E-state index >= 15 is 0 Å². The van der Waals surface area contributed by atoms with Crippen molar-refractivity contribution in [2.75, 3.05) is 17.2 Å². The van der Waals surface area contributed by atoms with Crippen LogP contribution in [0.4, 0.5) is 11.4 Å². The first-order valence-corrected chi connectivity index (χ1v) is 13.8. The Kier molecular flexibility index (Phi) is 12.1. The normalized spacial score (nSPS) is 11.3. The van der Waals surface area contributed by atoms with Gasteiger partial charge in [0.15, 0.2) is 11.2 Å². The molecule has 3 rings (SSSR count). The summed E-state index contributed by atoms with van der Waals surface area (Å²) < 4.78 is 11.4. The Morgan fingerprint density at radius 2 is 1.51 bits per heavy atom. The molecule has 0 saturated carbocycles. The number of carbonyl (C=O) groups excluding carboxylic acids is 2. The fourth-order valence-electron chi connectivity index (χ4n) is 3.60. The standard InChI is InChI=1S/C30H34ClN3O4S/c1-3-4-5-6-9-20-37-25-18-12-22(13-19-25)29(36)34-30(39)33-24-16-14-23(15-17-24)32-28(35)21(2)38-27-11-8-7-10-26(27)31/h7-8,10-19,21H,3-6,9,20H2,1-2H3,(H,32,35)(H2,33,34,36,39). The Labute approximate surface area is 240 Å². The Morgan fingerprint density at radius 3 is 2.18 bits per heavy atom. The number of carbonyl (C=O) groups is 2. The lowest BCUT2D eigenvalue weighted by Gasteiger charge is -2.16. The van der Waals surface area contributed by atoms with Crippen molar-refractivity contribution in [3.8, 4) is 11.5 Å². The number of hydrogen-bond donors (Lipinski definition) is 3. The molecule has 39 heavy (non-hydrogen) atoms. The van der Waals surface area contributed by atoms with Gasteiger partial charge in [-0.05, 0) is 86.2 Å². The number of halogens is 1. The highest BCUT2D eigenvalue weighted by Gasteiger charge is 2.16. The molecule has 0 aromatic heterocycles. The van der Waals surface area contributed by atoms with Gasteiger partial charge >= 0.3 is 0 Å². The van der Waals surface area contributed by atoms with E-state index in [0.717, 1.165) is 18.6 Å². The third-order valence-corrected chi connectivity index (χ3v) is 6.30. The van der Waals surface area contributed by atoms with Gasteiger partial charge in [0.25, 0.3) is 11.8 Å². The van der Waals surface area contributed by atoms with E-state index in [-0.39, 0.29) is 16.9 Å².